The first-order valence-electron chi connectivity index (χ1n) is 4.24. The molecule has 0 spiro atoms. The average Bonchev–Trinajstić information content (AvgIpc) is 2.18. The molecule has 66 valence electrons. The van der Waals surface area contributed by atoms with Crippen molar-refractivity contribution >= 4 is 0 Å². The van der Waals surface area contributed by atoms with Crippen molar-refractivity contribution in [3.63, 3.8) is 0 Å². The van der Waals surface area contributed by atoms with Crippen LogP contribution in [0.25, 0.3) is 0 Å². The molecule has 13 heavy (non-hydrogen) atoms. The standard InChI is InChI=1S/C12H13N/c1-4-12(3,9-13)11-7-5-10(2)6-8-11/h4-8H,1H2,2-3H3. The summed E-state index contributed by atoms with van der Waals surface area (Å²) in [6.45, 7) is 7.57. The van der Waals surface area contributed by atoms with Crippen LogP contribution in [0.1, 0.15) is 18.1 Å². The van der Waals surface area contributed by atoms with Gasteiger partial charge in [0.2, 0.25) is 0 Å². The van der Waals surface area contributed by atoms with Crippen LogP contribution < -0.4 is 0 Å². The zero-order valence-electron chi connectivity index (χ0n) is 8.04. The van der Waals surface area contributed by atoms with Crippen molar-refractivity contribution in [3.05, 3.63) is 48.0 Å². The summed E-state index contributed by atoms with van der Waals surface area (Å²) in [5, 5.41) is 8.99. The van der Waals surface area contributed by atoms with Gasteiger partial charge in [-0.2, -0.15) is 5.26 Å². The molecule has 0 aliphatic heterocycles. The Hall–Kier alpha value is -1.55. The Morgan fingerprint density at radius 1 is 1.38 bits per heavy atom. The Bertz CT molecular complexity index is 342. The molecule has 0 aromatic heterocycles. The van der Waals surface area contributed by atoms with E-state index in [9.17, 15) is 0 Å². The maximum atomic E-state index is 8.99. The Morgan fingerprint density at radius 3 is 2.31 bits per heavy atom. The summed E-state index contributed by atoms with van der Waals surface area (Å²) in [5.41, 5.74) is 1.64. The molecule has 0 heterocycles. The highest BCUT2D eigenvalue weighted by atomic mass is 14.3. The van der Waals surface area contributed by atoms with Gasteiger partial charge in [0.25, 0.3) is 0 Å². The van der Waals surface area contributed by atoms with Gasteiger partial charge in [0.1, 0.15) is 0 Å². The predicted octanol–water partition coefficient (Wildman–Crippen LogP) is 2.96. The number of aryl methyl sites for hydroxylation is 1. The fraction of sp³-hybridized carbons (Fsp3) is 0.250. The van der Waals surface area contributed by atoms with Crippen molar-refractivity contribution in [1.82, 2.24) is 0 Å². The number of benzene rings is 1. The second-order valence-corrected chi connectivity index (χ2v) is 3.38. The minimum Gasteiger partial charge on any atom is -0.197 e. The van der Waals surface area contributed by atoms with Crippen molar-refractivity contribution in [2.24, 2.45) is 0 Å². The number of nitrogens with zero attached hydrogens (tertiary/aromatic N) is 1. The van der Waals surface area contributed by atoms with E-state index in [4.69, 9.17) is 5.26 Å². The van der Waals surface area contributed by atoms with Crippen LogP contribution in [0.5, 0.6) is 0 Å². The van der Waals surface area contributed by atoms with E-state index in [1.165, 1.54) is 5.56 Å². The number of hydrogen-bond donors (Lipinski definition) is 0. The second kappa shape index (κ2) is 3.45. The highest BCUT2D eigenvalue weighted by Crippen LogP contribution is 2.23. The Kier molecular flexibility index (Phi) is 2.53. The summed E-state index contributed by atoms with van der Waals surface area (Å²) in [6, 6.07) is 10.2. The highest BCUT2D eigenvalue weighted by Gasteiger charge is 2.21. The molecule has 1 heteroatoms. The predicted molar refractivity (Wildman–Crippen MR) is 54.3 cm³/mol. The van der Waals surface area contributed by atoms with Gasteiger partial charge < -0.3 is 0 Å². The fourth-order valence-corrected chi connectivity index (χ4v) is 1.13. The lowest BCUT2D eigenvalue weighted by Crippen LogP contribution is -2.15. The van der Waals surface area contributed by atoms with Crippen molar-refractivity contribution < 1.29 is 0 Å². The van der Waals surface area contributed by atoms with Crippen molar-refractivity contribution in [2.75, 3.05) is 0 Å². The first kappa shape index (κ1) is 9.54. The van der Waals surface area contributed by atoms with Crippen LogP contribution >= 0.6 is 0 Å². The van der Waals surface area contributed by atoms with E-state index in [1.807, 2.05) is 38.1 Å². The third kappa shape index (κ3) is 1.78. The molecule has 0 amide bonds. The lowest BCUT2D eigenvalue weighted by molar-refractivity contribution is 0.777. The molecule has 0 saturated heterocycles. The van der Waals surface area contributed by atoms with E-state index < -0.39 is 5.41 Å². The largest absolute Gasteiger partial charge is 0.197 e. The summed E-state index contributed by atoms with van der Waals surface area (Å²) in [7, 11) is 0. The summed E-state index contributed by atoms with van der Waals surface area (Å²) in [5.74, 6) is 0. The molecule has 1 rings (SSSR count). The topological polar surface area (TPSA) is 23.8 Å². The molecular formula is C12H13N. The fourth-order valence-electron chi connectivity index (χ4n) is 1.13. The lowest BCUT2D eigenvalue weighted by atomic mass is 9.84. The Labute approximate surface area is 79.3 Å². The van der Waals surface area contributed by atoms with Crippen molar-refractivity contribution in [2.45, 2.75) is 19.3 Å². The number of hydrogen-bond acceptors (Lipinski definition) is 1. The van der Waals surface area contributed by atoms with Gasteiger partial charge in [0.05, 0.1) is 11.5 Å². The molecular weight excluding hydrogens is 158 g/mol. The number of rotatable bonds is 2. The molecule has 0 N–H and O–H groups in total. The molecule has 0 saturated carbocycles. The van der Waals surface area contributed by atoms with Gasteiger partial charge in [0, 0.05) is 0 Å². The van der Waals surface area contributed by atoms with E-state index in [-0.39, 0.29) is 0 Å². The molecule has 0 aliphatic rings. The molecule has 0 fully saturated rings. The summed E-state index contributed by atoms with van der Waals surface area (Å²) < 4.78 is 0. The average molecular weight is 171 g/mol. The number of nitriles is 1. The van der Waals surface area contributed by atoms with Crippen LogP contribution in [-0.2, 0) is 5.41 Å². The molecule has 1 unspecified atom stereocenters. The van der Waals surface area contributed by atoms with Gasteiger partial charge in [-0.15, -0.1) is 6.58 Å². The zero-order valence-corrected chi connectivity index (χ0v) is 8.04. The van der Waals surface area contributed by atoms with E-state index in [0.717, 1.165) is 5.56 Å². The summed E-state index contributed by atoms with van der Waals surface area (Å²) in [4.78, 5) is 0. The first-order valence-corrected chi connectivity index (χ1v) is 4.24. The van der Waals surface area contributed by atoms with Crippen LogP contribution in [0.15, 0.2) is 36.9 Å². The van der Waals surface area contributed by atoms with Crippen LogP contribution in [0, 0.1) is 18.3 Å². The SMILES string of the molecule is C=CC(C)(C#N)c1ccc(C)cc1. The van der Waals surface area contributed by atoms with E-state index in [1.54, 1.807) is 6.08 Å². The Morgan fingerprint density at radius 2 is 1.92 bits per heavy atom. The molecule has 1 nitrogen and oxygen atoms in total. The molecule has 1 atom stereocenters. The van der Waals surface area contributed by atoms with Crippen LogP contribution in [0.4, 0.5) is 0 Å². The van der Waals surface area contributed by atoms with Crippen LogP contribution in [0.3, 0.4) is 0 Å². The smallest absolute Gasteiger partial charge is 0.0971 e. The first-order chi connectivity index (χ1) is 6.12. The molecule has 0 bridgehead atoms. The molecule has 1 aromatic rings. The van der Waals surface area contributed by atoms with Crippen LogP contribution in [-0.4, -0.2) is 0 Å². The normalized spacial score (nSPS) is 14.2. The van der Waals surface area contributed by atoms with Crippen molar-refractivity contribution in [3.8, 4) is 6.07 Å². The lowest BCUT2D eigenvalue weighted by Gasteiger charge is -2.16. The minimum absolute atomic E-state index is 0.562. The third-order valence-electron chi connectivity index (χ3n) is 2.29. The summed E-state index contributed by atoms with van der Waals surface area (Å²) in [6.07, 6.45) is 1.68. The van der Waals surface area contributed by atoms with Crippen LogP contribution in [0.2, 0.25) is 0 Å². The Balaban J connectivity index is 3.15. The minimum atomic E-state index is -0.562. The van der Waals surface area contributed by atoms with Gasteiger partial charge in [-0.1, -0.05) is 35.9 Å². The number of allylic oxidation sites excluding steroid dienone is 1. The zero-order chi connectivity index (χ0) is 9.90. The van der Waals surface area contributed by atoms with Gasteiger partial charge in [-0.3, -0.25) is 0 Å². The summed E-state index contributed by atoms with van der Waals surface area (Å²) >= 11 is 0. The van der Waals surface area contributed by atoms with Gasteiger partial charge >= 0.3 is 0 Å². The third-order valence-corrected chi connectivity index (χ3v) is 2.29. The molecule has 0 aliphatic carbocycles. The quantitative estimate of drug-likeness (QED) is 0.627. The van der Waals surface area contributed by atoms with E-state index >= 15 is 0 Å². The maximum Gasteiger partial charge on any atom is 0.0971 e. The second-order valence-electron chi connectivity index (χ2n) is 3.38. The monoisotopic (exact) mass is 171 g/mol. The highest BCUT2D eigenvalue weighted by molar-refractivity contribution is 5.37. The van der Waals surface area contributed by atoms with E-state index in [0.29, 0.717) is 0 Å². The van der Waals surface area contributed by atoms with Gasteiger partial charge in [-0.05, 0) is 19.4 Å². The molecule has 0 radical (unpaired) electrons. The maximum absolute atomic E-state index is 8.99. The molecule has 1 aromatic carbocycles. The van der Waals surface area contributed by atoms with Gasteiger partial charge in [0.15, 0.2) is 0 Å². The van der Waals surface area contributed by atoms with E-state index in [2.05, 4.69) is 12.6 Å². The van der Waals surface area contributed by atoms with Crippen molar-refractivity contribution in [1.29, 1.82) is 5.26 Å². The van der Waals surface area contributed by atoms with Gasteiger partial charge in [-0.25, -0.2) is 0 Å².